The highest BCUT2D eigenvalue weighted by Gasteiger charge is 2.06. The number of nitrogens with one attached hydrogen (secondary N) is 2. The van der Waals surface area contributed by atoms with E-state index in [-0.39, 0.29) is 6.03 Å². The van der Waals surface area contributed by atoms with Crippen molar-refractivity contribution in [3.63, 3.8) is 0 Å². The summed E-state index contributed by atoms with van der Waals surface area (Å²) in [6.45, 7) is 6.08. The van der Waals surface area contributed by atoms with E-state index in [0.717, 1.165) is 16.9 Å². The summed E-state index contributed by atoms with van der Waals surface area (Å²) in [5, 5.41) is 5.54. The molecule has 17 heavy (non-hydrogen) atoms. The molecule has 0 aromatic heterocycles. The molecule has 0 atom stereocenters. The molecule has 0 bridgehead atoms. The van der Waals surface area contributed by atoms with E-state index in [1.807, 2.05) is 50.2 Å². The van der Waals surface area contributed by atoms with Crippen LogP contribution in [0.4, 0.5) is 16.2 Å². The maximum absolute atomic E-state index is 11.6. The smallest absolute Gasteiger partial charge is 0.319 e. The van der Waals surface area contributed by atoms with Gasteiger partial charge in [-0.15, -0.1) is 0 Å². The molecule has 2 N–H and O–H groups in total. The molecule has 0 aliphatic carbocycles. The fraction of sp³-hybridized carbons (Fsp3) is 0.308. The molecule has 4 heteroatoms. The molecular weight excluding hydrogens is 214 g/mol. The van der Waals surface area contributed by atoms with Gasteiger partial charge in [0.25, 0.3) is 0 Å². The third-order valence-electron chi connectivity index (χ3n) is 2.18. The normalized spacial score (nSPS) is 9.59. The van der Waals surface area contributed by atoms with E-state index in [1.165, 1.54) is 0 Å². The summed E-state index contributed by atoms with van der Waals surface area (Å²) in [6.07, 6.45) is 0. The highest BCUT2D eigenvalue weighted by molar-refractivity contribution is 5.93. The van der Waals surface area contributed by atoms with Crippen LogP contribution in [0.15, 0.2) is 36.4 Å². The van der Waals surface area contributed by atoms with Crippen LogP contribution in [0, 0.1) is 0 Å². The van der Waals surface area contributed by atoms with Gasteiger partial charge in [-0.1, -0.05) is 24.3 Å². The lowest BCUT2D eigenvalue weighted by Gasteiger charge is -2.17. The number of hydrogen-bond acceptors (Lipinski definition) is 2. The summed E-state index contributed by atoms with van der Waals surface area (Å²) in [6, 6.07) is 7.43. The van der Waals surface area contributed by atoms with Crippen molar-refractivity contribution in [3.05, 3.63) is 36.4 Å². The molecule has 92 valence electrons. The monoisotopic (exact) mass is 233 g/mol. The molecule has 0 saturated heterocycles. The lowest BCUT2D eigenvalue weighted by molar-refractivity contribution is 0.253. The van der Waals surface area contributed by atoms with E-state index in [4.69, 9.17) is 0 Å². The largest absolute Gasteiger partial charge is 0.376 e. The predicted molar refractivity (Wildman–Crippen MR) is 72.6 cm³/mol. The van der Waals surface area contributed by atoms with Crippen molar-refractivity contribution in [3.8, 4) is 0 Å². The van der Waals surface area contributed by atoms with Gasteiger partial charge in [-0.2, -0.15) is 0 Å². The molecule has 1 rings (SSSR count). The first-order chi connectivity index (χ1) is 8.00. The minimum atomic E-state index is -0.220. The number of anilines is 2. The Kier molecular flexibility index (Phi) is 4.57. The fourth-order valence-corrected chi connectivity index (χ4v) is 1.37. The van der Waals surface area contributed by atoms with E-state index in [9.17, 15) is 4.79 Å². The van der Waals surface area contributed by atoms with Crippen molar-refractivity contribution in [1.82, 2.24) is 5.32 Å². The van der Waals surface area contributed by atoms with Crippen molar-refractivity contribution in [2.24, 2.45) is 0 Å². The number of benzene rings is 1. The van der Waals surface area contributed by atoms with Crippen LogP contribution in [0.1, 0.15) is 6.92 Å². The first-order valence-electron chi connectivity index (χ1n) is 5.46. The lowest BCUT2D eigenvalue weighted by Crippen LogP contribution is -2.30. The van der Waals surface area contributed by atoms with Gasteiger partial charge < -0.3 is 15.5 Å². The van der Waals surface area contributed by atoms with Crippen molar-refractivity contribution in [1.29, 1.82) is 0 Å². The van der Waals surface area contributed by atoms with E-state index in [2.05, 4.69) is 17.2 Å². The van der Waals surface area contributed by atoms with Crippen molar-refractivity contribution in [2.45, 2.75) is 6.92 Å². The van der Waals surface area contributed by atoms with Crippen molar-refractivity contribution >= 4 is 17.4 Å². The molecule has 0 fully saturated rings. The average molecular weight is 233 g/mol. The highest BCUT2D eigenvalue weighted by atomic mass is 16.2. The van der Waals surface area contributed by atoms with Gasteiger partial charge in [-0.05, 0) is 19.1 Å². The summed E-state index contributed by atoms with van der Waals surface area (Å²) in [7, 11) is 3.87. The van der Waals surface area contributed by atoms with Crippen LogP contribution < -0.4 is 15.5 Å². The Morgan fingerprint density at radius 1 is 1.35 bits per heavy atom. The molecule has 0 unspecified atom stereocenters. The SMILES string of the molecule is C=C(C)CNC(=O)Nc1ccccc1N(C)C. The van der Waals surface area contributed by atoms with Gasteiger partial charge in [0.1, 0.15) is 0 Å². The third-order valence-corrected chi connectivity index (χ3v) is 2.18. The minimum absolute atomic E-state index is 0.220. The summed E-state index contributed by atoms with van der Waals surface area (Å²) < 4.78 is 0. The van der Waals surface area contributed by atoms with Gasteiger partial charge in [0.2, 0.25) is 0 Å². The lowest BCUT2D eigenvalue weighted by atomic mass is 10.2. The summed E-state index contributed by atoms with van der Waals surface area (Å²) >= 11 is 0. The second-order valence-electron chi connectivity index (χ2n) is 4.18. The zero-order valence-electron chi connectivity index (χ0n) is 10.6. The second-order valence-corrected chi connectivity index (χ2v) is 4.18. The number of nitrogens with zero attached hydrogens (tertiary/aromatic N) is 1. The predicted octanol–water partition coefficient (Wildman–Crippen LogP) is 2.45. The minimum Gasteiger partial charge on any atom is -0.376 e. The molecule has 2 amide bonds. The number of carbonyl (C=O) groups excluding carboxylic acids is 1. The summed E-state index contributed by atoms with van der Waals surface area (Å²) in [5.74, 6) is 0. The Morgan fingerprint density at radius 2 is 2.00 bits per heavy atom. The number of hydrogen-bond donors (Lipinski definition) is 2. The number of amides is 2. The Bertz CT molecular complexity index is 413. The first-order valence-corrected chi connectivity index (χ1v) is 5.46. The Hall–Kier alpha value is -1.97. The van der Waals surface area contributed by atoms with E-state index >= 15 is 0 Å². The summed E-state index contributed by atoms with van der Waals surface area (Å²) in [5.41, 5.74) is 2.68. The Morgan fingerprint density at radius 3 is 2.59 bits per heavy atom. The molecule has 0 saturated carbocycles. The quantitative estimate of drug-likeness (QED) is 0.785. The molecular formula is C13H19N3O. The summed E-state index contributed by atoms with van der Waals surface area (Å²) in [4.78, 5) is 13.6. The average Bonchev–Trinajstić information content (AvgIpc) is 2.27. The standard InChI is InChI=1S/C13H19N3O/c1-10(2)9-14-13(17)15-11-7-5-6-8-12(11)16(3)4/h5-8H,1,9H2,2-4H3,(H2,14,15,17). The molecule has 1 aromatic rings. The molecule has 4 nitrogen and oxygen atoms in total. The fourth-order valence-electron chi connectivity index (χ4n) is 1.37. The number of para-hydroxylation sites is 2. The van der Waals surface area contributed by atoms with Crippen LogP contribution in [0.3, 0.4) is 0 Å². The maximum atomic E-state index is 11.6. The molecule has 0 heterocycles. The van der Waals surface area contributed by atoms with Crippen molar-refractivity contribution < 1.29 is 4.79 Å². The van der Waals surface area contributed by atoms with Gasteiger partial charge >= 0.3 is 6.03 Å². The van der Waals surface area contributed by atoms with Crippen LogP contribution in [0.2, 0.25) is 0 Å². The zero-order chi connectivity index (χ0) is 12.8. The van der Waals surface area contributed by atoms with Gasteiger partial charge in [0, 0.05) is 20.6 Å². The van der Waals surface area contributed by atoms with Gasteiger partial charge in [-0.3, -0.25) is 0 Å². The van der Waals surface area contributed by atoms with Gasteiger partial charge in [0.05, 0.1) is 11.4 Å². The number of rotatable bonds is 4. The van der Waals surface area contributed by atoms with Gasteiger partial charge in [0.15, 0.2) is 0 Å². The maximum Gasteiger partial charge on any atom is 0.319 e. The zero-order valence-corrected chi connectivity index (χ0v) is 10.6. The van der Waals surface area contributed by atoms with E-state index in [1.54, 1.807) is 0 Å². The Balaban J connectivity index is 2.68. The van der Waals surface area contributed by atoms with Crippen molar-refractivity contribution in [2.75, 3.05) is 30.9 Å². The van der Waals surface area contributed by atoms with E-state index in [0.29, 0.717) is 6.54 Å². The molecule has 0 radical (unpaired) electrons. The first kappa shape index (κ1) is 13.1. The van der Waals surface area contributed by atoms with Crippen LogP contribution in [-0.4, -0.2) is 26.7 Å². The van der Waals surface area contributed by atoms with Crippen LogP contribution >= 0.6 is 0 Å². The third kappa shape index (κ3) is 4.18. The topological polar surface area (TPSA) is 44.4 Å². The Labute approximate surface area is 102 Å². The van der Waals surface area contributed by atoms with Crippen LogP contribution in [0.5, 0.6) is 0 Å². The van der Waals surface area contributed by atoms with Crippen LogP contribution in [0.25, 0.3) is 0 Å². The molecule has 0 aliphatic rings. The van der Waals surface area contributed by atoms with Gasteiger partial charge in [-0.25, -0.2) is 4.79 Å². The number of carbonyl (C=O) groups is 1. The molecule has 0 spiro atoms. The highest BCUT2D eigenvalue weighted by Crippen LogP contribution is 2.23. The van der Waals surface area contributed by atoms with Crippen LogP contribution in [-0.2, 0) is 0 Å². The second kappa shape index (κ2) is 5.94. The number of urea groups is 1. The van der Waals surface area contributed by atoms with E-state index < -0.39 is 0 Å². The molecule has 1 aromatic carbocycles. The molecule has 0 aliphatic heterocycles.